The van der Waals surface area contributed by atoms with Crippen LogP contribution in [0.5, 0.6) is 0 Å². The number of nitrogens with one attached hydrogen (secondary N) is 1. The molecule has 0 aliphatic heterocycles. The molecule has 0 atom stereocenters. The second-order valence-corrected chi connectivity index (χ2v) is 5.08. The fourth-order valence-electron chi connectivity index (χ4n) is 2.06. The Labute approximate surface area is 123 Å². The van der Waals surface area contributed by atoms with Crippen molar-refractivity contribution in [3.63, 3.8) is 0 Å². The first-order valence-corrected chi connectivity index (χ1v) is 6.87. The van der Waals surface area contributed by atoms with Crippen LogP contribution in [-0.4, -0.2) is 17.6 Å². The van der Waals surface area contributed by atoms with E-state index in [0.717, 1.165) is 29.0 Å². The Morgan fingerprint density at radius 3 is 2.75 bits per heavy atom. The number of amides is 1. The van der Waals surface area contributed by atoms with Crippen molar-refractivity contribution in [1.82, 2.24) is 10.5 Å². The Morgan fingerprint density at radius 2 is 2.10 bits per heavy atom. The topological polar surface area (TPSA) is 55.1 Å². The van der Waals surface area contributed by atoms with E-state index in [1.165, 1.54) is 0 Å². The number of carbonyl (C=O) groups excluding carboxylic acids is 1. The minimum atomic E-state index is -0.0372. The molecule has 4 nitrogen and oxygen atoms in total. The fourth-order valence-corrected chi connectivity index (χ4v) is 2.27. The first-order valence-electron chi connectivity index (χ1n) is 6.49. The van der Waals surface area contributed by atoms with Crippen molar-refractivity contribution >= 4 is 17.5 Å². The lowest BCUT2D eigenvalue weighted by molar-refractivity contribution is -0.120. The van der Waals surface area contributed by atoms with Crippen molar-refractivity contribution in [3.8, 4) is 0 Å². The number of aryl methyl sites for hydroxylation is 2. The summed E-state index contributed by atoms with van der Waals surface area (Å²) in [5.41, 5.74) is 2.77. The molecule has 1 heterocycles. The second kappa shape index (κ2) is 6.57. The third-order valence-corrected chi connectivity index (χ3v) is 3.56. The highest BCUT2D eigenvalue weighted by Gasteiger charge is 2.10. The largest absolute Gasteiger partial charge is 0.361 e. The molecule has 106 valence electrons. The monoisotopic (exact) mass is 292 g/mol. The van der Waals surface area contributed by atoms with Crippen LogP contribution in [-0.2, 0) is 17.6 Å². The van der Waals surface area contributed by atoms with Crippen LogP contribution in [0.4, 0.5) is 0 Å². The van der Waals surface area contributed by atoms with Crippen LogP contribution in [0, 0.1) is 13.8 Å². The first-order chi connectivity index (χ1) is 9.58. The van der Waals surface area contributed by atoms with Crippen LogP contribution in [0.15, 0.2) is 28.8 Å². The summed E-state index contributed by atoms with van der Waals surface area (Å²) in [6, 6.07) is 7.36. The summed E-state index contributed by atoms with van der Waals surface area (Å²) in [5.74, 6) is 0.771. The molecule has 0 aliphatic carbocycles. The van der Waals surface area contributed by atoms with Crippen molar-refractivity contribution in [2.45, 2.75) is 26.7 Å². The number of rotatable bonds is 5. The van der Waals surface area contributed by atoms with Gasteiger partial charge in [0.2, 0.25) is 5.91 Å². The Morgan fingerprint density at radius 1 is 1.35 bits per heavy atom. The van der Waals surface area contributed by atoms with Crippen LogP contribution in [0.1, 0.15) is 22.6 Å². The van der Waals surface area contributed by atoms with Crippen molar-refractivity contribution < 1.29 is 9.32 Å². The molecule has 0 radical (unpaired) electrons. The summed E-state index contributed by atoms with van der Waals surface area (Å²) >= 11 is 6.02. The third-order valence-electron chi connectivity index (χ3n) is 3.19. The quantitative estimate of drug-likeness (QED) is 0.922. The molecule has 5 heteroatoms. The van der Waals surface area contributed by atoms with Crippen molar-refractivity contribution in [1.29, 1.82) is 0 Å². The van der Waals surface area contributed by atoms with Crippen LogP contribution in [0.25, 0.3) is 0 Å². The lowest BCUT2D eigenvalue weighted by Crippen LogP contribution is -2.27. The number of halogens is 1. The fraction of sp³-hybridized carbons (Fsp3) is 0.333. The van der Waals surface area contributed by atoms with E-state index >= 15 is 0 Å². The Bertz CT molecular complexity index is 588. The summed E-state index contributed by atoms with van der Waals surface area (Å²) in [6.07, 6.45) is 1.01. The standard InChI is InChI=1S/C15H17ClN2O2/c1-10-13(11(2)20-18-10)7-8-17-15(19)9-12-5-3-4-6-14(12)16/h3-6H,7-9H2,1-2H3,(H,17,19). The summed E-state index contributed by atoms with van der Waals surface area (Å²) < 4.78 is 5.08. The Kier molecular flexibility index (Phi) is 4.79. The van der Waals surface area contributed by atoms with E-state index in [1.54, 1.807) is 6.07 Å². The van der Waals surface area contributed by atoms with Gasteiger partial charge >= 0.3 is 0 Å². The van der Waals surface area contributed by atoms with Crippen molar-refractivity contribution in [2.24, 2.45) is 0 Å². The van der Waals surface area contributed by atoms with Gasteiger partial charge < -0.3 is 9.84 Å². The molecule has 0 fully saturated rings. The van der Waals surface area contributed by atoms with Gasteiger partial charge in [0.05, 0.1) is 12.1 Å². The van der Waals surface area contributed by atoms with E-state index in [1.807, 2.05) is 32.0 Å². The van der Waals surface area contributed by atoms with Crippen LogP contribution in [0.3, 0.4) is 0 Å². The minimum absolute atomic E-state index is 0.0372. The number of aromatic nitrogens is 1. The smallest absolute Gasteiger partial charge is 0.224 e. The van der Waals surface area contributed by atoms with Gasteiger partial charge in [0.25, 0.3) is 0 Å². The van der Waals surface area contributed by atoms with E-state index in [2.05, 4.69) is 10.5 Å². The number of hydrogen-bond acceptors (Lipinski definition) is 3. The van der Waals surface area contributed by atoms with Gasteiger partial charge in [0.1, 0.15) is 5.76 Å². The van der Waals surface area contributed by atoms with Gasteiger partial charge in [-0.1, -0.05) is 35.0 Å². The Hall–Kier alpha value is -1.81. The maximum atomic E-state index is 11.9. The highest BCUT2D eigenvalue weighted by molar-refractivity contribution is 6.31. The van der Waals surface area contributed by atoms with Crippen LogP contribution in [0.2, 0.25) is 5.02 Å². The molecule has 0 bridgehead atoms. The zero-order chi connectivity index (χ0) is 14.5. The zero-order valence-electron chi connectivity index (χ0n) is 11.6. The molecule has 0 saturated heterocycles. The van der Waals surface area contributed by atoms with E-state index < -0.39 is 0 Å². The summed E-state index contributed by atoms with van der Waals surface area (Å²) in [5, 5.41) is 7.39. The van der Waals surface area contributed by atoms with E-state index in [4.69, 9.17) is 16.1 Å². The number of benzene rings is 1. The molecule has 0 saturated carbocycles. The molecule has 2 aromatic rings. The molecule has 2 rings (SSSR count). The van der Waals surface area contributed by atoms with Gasteiger partial charge in [-0.05, 0) is 31.9 Å². The Balaban J connectivity index is 1.83. The van der Waals surface area contributed by atoms with Gasteiger partial charge in [-0.15, -0.1) is 0 Å². The number of hydrogen-bond donors (Lipinski definition) is 1. The van der Waals surface area contributed by atoms with Crippen molar-refractivity contribution in [3.05, 3.63) is 51.9 Å². The molecule has 0 unspecified atom stereocenters. The second-order valence-electron chi connectivity index (χ2n) is 4.67. The van der Waals surface area contributed by atoms with Gasteiger partial charge in [-0.2, -0.15) is 0 Å². The summed E-state index contributed by atoms with van der Waals surface area (Å²) in [6.45, 7) is 4.34. The summed E-state index contributed by atoms with van der Waals surface area (Å²) in [4.78, 5) is 11.9. The van der Waals surface area contributed by atoms with Crippen molar-refractivity contribution in [2.75, 3.05) is 6.54 Å². The molecule has 1 amide bonds. The minimum Gasteiger partial charge on any atom is -0.361 e. The molecule has 0 spiro atoms. The van der Waals surface area contributed by atoms with E-state index in [0.29, 0.717) is 18.0 Å². The lowest BCUT2D eigenvalue weighted by Gasteiger charge is -2.06. The van der Waals surface area contributed by atoms with Gasteiger partial charge in [0.15, 0.2) is 0 Å². The molecular formula is C15H17ClN2O2. The first kappa shape index (κ1) is 14.6. The maximum absolute atomic E-state index is 11.9. The maximum Gasteiger partial charge on any atom is 0.224 e. The molecule has 1 N–H and O–H groups in total. The van der Waals surface area contributed by atoms with Crippen LogP contribution < -0.4 is 5.32 Å². The number of carbonyl (C=O) groups is 1. The van der Waals surface area contributed by atoms with E-state index in [-0.39, 0.29) is 5.91 Å². The predicted molar refractivity (Wildman–Crippen MR) is 77.8 cm³/mol. The molecule has 1 aromatic heterocycles. The third kappa shape index (κ3) is 3.61. The average molecular weight is 293 g/mol. The predicted octanol–water partition coefficient (Wildman–Crippen LogP) is 2.85. The molecule has 0 aliphatic rings. The highest BCUT2D eigenvalue weighted by atomic mass is 35.5. The molecule has 1 aromatic carbocycles. The van der Waals surface area contributed by atoms with Gasteiger partial charge in [-0.25, -0.2) is 0 Å². The SMILES string of the molecule is Cc1noc(C)c1CCNC(=O)Cc1ccccc1Cl. The number of nitrogens with zero attached hydrogens (tertiary/aromatic N) is 1. The highest BCUT2D eigenvalue weighted by Crippen LogP contribution is 2.15. The molecule has 20 heavy (non-hydrogen) atoms. The van der Waals surface area contributed by atoms with E-state index in [9.17, 15) is 4.79 Å². The lowest BCUT2D eigenvalue weighted by atomic mass is 10.1. The van der Waals surface area contributed by atoms with Gasteiger partial charge in [-0.3, -0.25) is 4.79 Å². The zero-order valence-corrected chi connectivity index (χ0v) is 12.3. The summed E-state index contributed by atoms with van der Waals surface area (Å²) in [7, 11) is 0. The van der Waals surface area contributed by atoms with Crippen LogP contribution >= 0.6 is 11.6 Å². The normalized spacial score (nSPS) is 10.6. The average Bonchev–Trinajstić information content (AvgIpc) is 2.73. The molecular weight excluding hydrogens is 276 g/mol. The van der Waals surface area contributed by atoms with Gasteiger partial charge in [0, 0.05) is 17.1 Å².